The van der Waals surface area contributed by atoms with Crippen molar-refractivity contribution in [2.75, 3.05) is 0 Å². The van der Waals surface area contributed by atoms with Crippen molar-refractivity contribution in [3.8, 4) is 0 Å². The summed E-state index contributed by atoms with van der Waals surface area (Å²) in [5, 5.41) is 0. The van der Waals surface area contributed by atoms with Crippen LogP contribution >= 0.6 is 12.6 Å². The fourth-order valence-corrected chi connectivity index (χ4v) is 0.545. The Morgan fingerprint density at radius 1 is 1.73 bits per heavy atom. The zero-order valence-electron chi connectivity index (χ0n) is 6.24. The van der Waals surface area contributed by atoms with E-state index < -0.39 is 11.4 Å². The Morgan fingerprint density at radius 2 is 2.27 bits per heavy atom. The standard InChI is InChI=1S/C7H10O3S/c1-3-7(11)10-6(9)4-5(2)8/h3,7,11H,1,4H2,2H3. The minimum Gasteiger partial charge on any atom is -0.447 e. The lowest BCUT2D eigenvalue weighted by Gasteiger charge is -2.05. The number of ketones is 1. The van der Waals surface area contributed by atoms with Crippen molar-refractivity contribution in [1.82, 2.24) is 0 Å². The number of rotatable bonds is 4. The quantitative estimate of drug-likeness (QED) is 0.227. The van der Waals surface area contributed by atoms with Gasteiger partial charge in [-0.2, -0.15) is 0 Å². The highest BCUT2D eigenvalue weighted by molar-refractivity contribution is 7.81. The maximum absolute atomic E-state index is 10.7. The number of carbonyl (C=O) groups excluding carboxylic acids is 2. The summed E-state index contributed by atoms with van der Waals surface area (Å²) in [7, 11) is 0. The summed E-state index contributed by atoms with van der Waals surface area (Å²) in [4.78, 5) is 21.1. The lowest BCUT2D eigenvalue weighted by molar-refractivity contribution is -0.145. The van der Waals surface area contributed by atoms with Crippen LogP contribution in [0, 0.1) is 0 Å². The molecule has 11 heavy (non-hydrogen) atoms. The third kappa shape index (κ3) is 5.66. The van der Waals surface area contributed by atoms with Gasteiger partial charge in [-0.05, 0) is 13.0 Å². The van der Waals surface area contributed by atoms with Crippen LogP contribution in [0.4, 0.5) is 0 Å². The Hall–Kier alpha value is -0.770. The Labute approximate surface area is 70.8 Å². The first-order chi connectivity index (χ1) is 5.06. The summed E-state index contributed by atoms with van der Waals surface area (Å²) in [6.45, 7) is 4.68. The van der Waals surface area contributed by atoms with E-state index in [2.05, 4.69) is 23.9 Å². The van der Waals surface area contributed by atoms with E-state index in [1.807, 2.05) is 0 Å². The van der Waals surface area contributed by atoms with Crippen LogP contribution < -0.4 is 0 Å². The van der Waals surface area contributed by atoms with Crippen molar-refractivity contribution in [2.24, 2.45) is 0 Å². The molecule has 0 saturated heterocycles. The molecule has 0 aliphatic rings. The van der Waals surface area contributed by atoms with E-state index in [-0.39, 0.29) is 12.2 Å². The Morgan fingerprint density at radius 3 is 2.64 bits per heavy atom. The van der Waals surface area contributed by atoms with Crippen molar-refractivity contribution in [3.63, 3.8) is 0 Å². The molecule has 62 valence electrons. The molecule has 0 aromatic heterocycles. The number of esters is 1. The lowest BCUT2D eigenvalue weighted by Crippen LogP contribution is -2.13. The molecule has 0 spiro atoms. The van der Waals surface area contributed by atoms with E-state index in [0.29, 0.717) is 0 Å². The van der Waals surface area contributed by atoms with E-state index in [0.717, 1.165) is 0 Å². The highest BCUT2D eigenvalue weighted by atomic mass is 32.1. The van der Waals surface area contributed by atoms with Crippen molar-refractivity contribution in [3.05, 3.63) is 12.7 Å². The summed E-state index contributed by atoms with van der Waals surface area (Å²) < 4.78 is 4.60. The van der Waals surface area contributed by atoms with Crippen molar-refractivity contribution in [2.45, 2.75) is 18.8 Å². The third-order valence-corrected chi connectivity index (χ3v) is 1.16. The molecule has 0 aliphatic heterocycles. The van der Waals surface area contributed by atoms with Gasteiger partial charge < -0.3 is 4.74 Å². The summed E-state index contributed by atoms with van der Waals surface area (Å²) in [5.41, 5.74) is -0.623. The minimum atomic E-state index is -0.623. The maximum Gasteiger partial charge on any atom is 0.314 e. The number of hydrogen-bond donors (Lipinski definition) is 1. The van der Waals surface area contributed by atoms with Crippen LogP contribution in [0.3, 0.4) is 0 Å². The number of hydrogen-bond acceptors (Lipinski definition) is 4. The van der Waals surface area contributed by atoms with Crippen molar-refractivity contribution in [1.29, 1.82) is 0 Å². The molecule has 0 radical (unpaired) electrons. The van der Waals surface area contributed by atoms with Crippen molar-refractivity contribution >= 4 is 24.4 Å². The molecule has 0 amide bonds. The first-order valence-corrected chi connectivity index (χ1v) is 3.57. The van der Waals surface area contributed by atoms with Gasteiger partial charge in [-0.15, -0.1) is 12.6 Å². The Kier molecular flexibility index (Phi) is 4.61. The molecule has 3 nitrogen and oxygen atoms in total. The molecule has 1 unspecified atom stereocenters. The zero-order valence-corrected chi connectivity index (χ0v) is 7.14. The van der Waals surface area contributed by atoms with Gasteiger partial charge in [-0.3, -0.25) is 9.59 Å². The molecule has 0 aromatic rings. The fourth-order valence-electron chi connectivity index (χ4n) is 0.428. The summed E-state index contributed by atoms with van der Waals surface area (Å²) >= 11 is 3.82. The predicted molar refractivity (Wildman–Crippen MR) is 44.4 cm³/mol. The summed E-state index contributed by atoms with van der Waals surface area (Å²) in [6.07, 6.45) is 1.16. The molecule has 0 fully saturated rings. The van der Waals surface area contributed by atoms with Gasteiger partial charge in [0.15, 0.2) is 5.44 Å². The molecule has 0 bridgehead atoms. The zero-order chi connectivity index (χ0) is 8.85. The third-order valence-electron chi connectivity index (χ3n) is 0.847. The van der Waals surface area contributed by atoms with Crippen LogP contribution in [0.15, 0.2) is 12.7 Å². The van der Waals surface area contributed by atoms with Crippen LogP contribution in [0.1, 0.15) is 13.3 Å². The monoisotopic (exact) mass is 174 g/mol. The van der Waals surface area contributed by atoms with E-state index in [9.17, 15) is 9.59 Å². The molecule has 0 N–H and O–H groups in total. The van der Waals surface area contributed by atoms with Crippen molar-refractivity contribution < 1.29 is 14.3 Å². The average molecular weight is 174 g/mol. The van der Waals surface area contributed by atoms with Crippen LogP contribution in [-0.2, 0) is 14.3 Å². The van der Waals surface area contributed by atoms with Gasteiger partial charge in [-0.25, -0.2) is 0 Å². The Bertz CT molecular complexity index is 177. The molecule has 1 atom stereocenters. The SMILES string of the molecule is C=CC(S)OC(=O)CC(C)=O. The number of carbonyl (C=O) groups is 2. The molecule has 4 heteroatoms. The van der Waals surface area contributed by atoms with Gasteiger partial charge >= 0.3 is 5.97 Å². The first-order valence-electron chi connectivity index (χ1n) is 3.05. The van der Waals surface area contributed by atoms with Crippen LogP contribution in [-0.4, -0.2) is 17.2 Å². The number of ether oxygens (including phenoxy) is 1. The lowest BCUT2D eigenvalue weighted by atomic mass is 10.3. The molecule has 0 aromatic carbocycles. The van der Waals surface area contributed by atoms with Gasteiger partial charge in [0.2, 0.25) is 0 Å². The molecular weight excluding hydrogens is 164 g/mol. The van der Waals surface area contributed by atoms with Gasteiger partial charge in [0.05, 0.1) is 0 Å². The van der Waals surface area contributed by atoms with Crippen LogP contribution in [0.2, 0.25) is 0 Å². The molecule has 0 rings (SSSR count). The maximum atomic E-state index is 10.7. The highest BCUT2D eigenvalue weighted by Gasteiger charge is 2.08. The van der Waals surface area contributed by atoms with Crippen LogP contribution in [0.5, 0.6) is 0 Å². The number of thiol groups is 1. The van der Waals surface area contributed by atoms with E-state index in [1.165, 1.54) is 13.0 Å². The predicted octanol–water partition coefficient (Wildman–Crippen LogP) is 0.951. The summed E-state index contributed by atoms with van der Waals surface area (Å²) in [5.74, 6) is -0.794. The van der Waals surface area contributed by atoms with Gasteiger partial charge in [0, 0.05) is 0 Å². The second-order valence-electron chi connectivity index (χ2n) is 1.99. The normalized spacial score (nSPS) is 11.8. The van der Waals surface area contributed by atoms with Gasteiger partial charge in [0.25, 0.3) is 0 Å². The second kappa shape index (κ2) is 4.96. The average Bonchev–Trinajstić information content (AvgIpc) is 1.85. The highest BCUT2D eigenvalue weighted by Crippen LogP contribution is 2.00. The molecule has 0 saturated carbocycles. The first kappa shape index (κ1) is 10.2. The van der Waals surface area contributed by atoms with E-state index in [4.69, 9.17) is 0 Å². The fraction of sp³-hybridized carbons (Fsp3) is 0.429. The van der Waals surface area contributed by atoms with E-state index >= 15 is 0 Å². The second-order valence-corrected chi connectivity index (χ2v) is 2.50. The van der Waals surface area contributed by atoms with Gasteiger partial charge in [-0.1, -0.05) is 6.58 Å². The largest absolute Gasteiger partial charge is 0.447 e. The smallest absolute Gasteiger partial charge is 0.314 e. The Balaban J connectivity index is 3.69. The molecule has 0 heterocycles. The molecular formula is C7H10O3S. The number of Topliss-reactive ketones (excluding diaryl/α,β-unsaturated/α-hetero) is 1. The molecule has 0 aliphatic carbocycles. The summed E-state index contributed by atoms with van der Waals surface area (Å²) in [6, 6.07) is 0. The van der Waals surface area contributed by atoms with Crippen LogP contribution in [0.25, 0.3) is 0 Å². The minimum absolute atomic E-state index is 0.203. The van der Waals surface area contributed by atoms with E-state index in [1.54, 1.807) is 0 Å². The van der Waals surface area contributed by atoms with Gasteiger partial charge in [0.1, 0.15) is 12.2 Å². The topological polar surface area (TPSA) is 43.4 Å².